The Morgan fingerprint density at radius 1 is 1.24 bits per heavy atom. The van der Waals surface area contributed by atoms with E-state index in [1.165, 1.54) is 5.56 Å². The van der Waals surface area contributed by atoms with Gasteiger partial charge in [-0.05, 0) is 49.6 Å². The number of hydrogen-bond donors (Lipinski definition) is 1. The van der Waals surface area contributed by atoms with Gasteiger partial charge in [0.1, 0.15) is 11.5 Å². The minimum atomic E-state index is 0.317. The number of para-hydroxylation sites is 1. The van der Waals surface area contributed by atoms with Crippen LogP contribution in [0.4, 0.5) is 0 Å². The highest BCUT2D eigenvalue weighted by atomic mass is 79.9. The van der Waals surface area contributed by atoms with E-state index in [0.29, 0.717) is 6.04 Å². The Kier molecular flexibility index (Phi) is 6.15. The van der Waals surface area contributed by atoms with E-state index < -0.39 is 0 Å². The lowest BCUT2D eigenvalue weighted by molar-refractivity contribution is 0.470. The van der Waals surface area contributed by atoms with Gasteiger partial charge in [-0.15, -0.1) is 11.8 Å². The second kappa shape index (κ2) is 7.87. The van der Waals surface area contributed by atoms with E-state index >= 15 is 0 Å². The van der Waals surface area contributed by atoms with Crippen LogP contribution >= 0.6 is 27.7 Å². The molecule has 0 saturated carbocycles. The van der Waals surface area contributed by atoms with Crippen molar-refractivity contribution in [3.8, 4) is 11.5 Å². The minimum Gasteiger partial charge on any atom is -0.456 e. The molecule has 1 unspecified atom stereocenters. The molecule has 0 fully saturated rings. The molecule has 2 rings (SSSR count). The molecule has 0 radical (unpaired) electrons. The quantitative estimate of drug-likeness (QED) is 0.669. The molecule has 1 N–H and O–H groups in total. The van der Waals surface area contributed by atoms with Gasteiger partial charge in [0.25, 0.3) is 0 Å². The van der Waals surface area contributed by atoms with Crippen LogP contribution < -0.4 is 10.1 Å². The number of thioether (sulfide) groups is 1. The van der Waals surface area contributed by atoms with Crippen molar-refractivity contribution in [1.82, 2.24) is 5.32 Å². The van der Waals surface area contributed by atoms with Crippen LogP contribution in [0.5, 0.6) is 11.5 Å². The van der Waals surface area contributed by atoms with Crippen molar-refractivity contribution >= 4 is 27.7 Å². The molecular weight excluding hydrogens is 346 g/mol. The maximum Gasteiger partial charge on any atom is 0.140 e. The topological polar surface area (TPSA) is 21.3 Å². The van der Waals surface area contributed by atoms with E-state index in [4.69, 9.17) is 4.74 Å². The number of nitrogens with one attached hydrogen (secondary N) is 1. The maximum absolute atomic E-state index is 6.00. The van der Waals surface area contributed by atoms with Crippen LogP contribution in [0.25, 0.3) is 0 Å². The van der Waals surface area contributed by atoms with Gasteiger partial charge in [-0.3, -0.25) is 0 Å². The summed E-state index contributed by atoms with van der Waals surface area (Å²) in [5, 5.41) is 3.42. The van der Waals surface area contributed by atoms with Crippen molar-refractivity contribution in [3.63, 3.8) is 0 Å². The average molecular weight is 366 g/mol. The van der Waals surface area contributed by atoms with E-state index in [2.05, 4.69) is 53.5 Å². The highest BCUT2D eigenvalue weighted by Gasteiger charge is 2.10. The molecule has 1 atom stereocenters. The molecule has 0 spiro atoms. The van der Waals surface area contributed by atoms with Crippen LogP contribution in [-0.4, -0.2) is 12.8 Å². The lowest BCUT2D eigenvalue weighted by Crippen LogP contribution is -2.17. The van der Waals surface area contributed by atoms with E-state index in [0.717, 1.165) is 27.4 Å². The van der Waals surface area contributed by atoms with Crippen molar-refractivity contribution in [2.24, 2.45) is 0 Å². The summed E-state index contributed by atoms with van der Waals surface area (Å²) in [6.45, 7) is 5.22. The number of hydrogen-bond acceptors (Lipinski definition) is 3. The Bertz CT molecular complexity index is 603. The first-order valence-corrected chi connectivity index (χ1v) is 9.01. The summed E-state index contributed by atoms with van der Waals surface area (Å²) in [5.74, 6) is 1.74. The van der Waals surface area contributed by atoms with Gasteiger partial charge in [0.05, 0.1) is 0 Å². The number of halogens is 1. The molecule has 21 heavy (non-hydrogen) atoms. The van der Waals surface area contributed by atoms with E-state index in [-0.39, 0.29) is 0 Å². The molecule has 0 amide bonds. The normalized spacial score (nSPS) is 12.2. The molecule has 0 saturated heterocycles. The highest BCUT2D eigenvalue weighted by molar-refractivity contribution is 9.10. The predicted octanol–water partition coefficient (Wildman–Crippen LogP) is 5.63. The standard InChI is InChI=1S/C17H20BrNOS/c1-4-19-12(2)14-10-9-13(11-15(14)18)20-16-7-5-6-8-17(16)21-3/h5-12,19H,4H2,1-3H3. The third kappa shape index (κ3) is 4.25. The Balaban J connectivity index is 2.20. The summed E-state index contributed by atoms with van der Waals surface area (Å²) in [7, 11) is 0. The SMILES string of the molecule is CCNC(C)c1ccc(Oc2ccccc2SC)cc1Br. The summed E-state index contributed by atoms with van der Waals surface area (Å²) in [6.07, 6.45) is 2.05. The summed E-state index contributed by atoms with van der Waals surface area (Å²) in [5.41, 5.74) is 1.24. The Morgan fingerprint density at radius 3 is 2.67 bits per heavy atom. The largest absolute Gasteiger partial charge is 0.456 e. The lowest BCUT2D eigenvalue weighted by atomic mass is 10.1. The van der Waals surface area contributed by atoms with E-state index in [1.54, 1.807) is 11.8 Å². The zero-order valence-corrected chi connectivity index (χ0v) is 14.9. The smallest absolute Gasteiger partial charge is 0.140 e. The zero-order chi connectivity index (χ0) is 15.2. The van der Waals surface area contributed by atoms with Gasteiger partial charge in [0.2, 0.25) is 0 Å². The van der Waals surface area contributed by atoms with Crippen molar-refractivity contribution < 1.29 is 4.74 Å². The predicted molar refractivity (Wildman–Crippen MR) is 94.5 cm³/mol. The molecular formula is C17H20BrNOS. The highest BCUT2D eigenvalue weighted by Crippen LogP contribution is 2.34. The van der Waals surface area contributed by atoms with Crippen LogP contribution in [0.2, 0.25) is 0 Å². The Labute approximate surface area is 139 Å². The van der Waals surface area contributed by atoms with Crippen LogP contribution in [0, 0.1) is 0 Å². The monoisotopic (exact) mass is 365 g/mol. The van der Waals surface area contributed by atoms with Gasteiger partial charge in [-0.2, -0.15) is 0 Å². The molecule has 0 aliphatic rings. The van der Waals surface area contributed by atoms with Crippen LogP contribution in [0.15, 0.2) is 51.8 Å². The number of benzene rings is 2. The van der Waals surface area contributed by atoms with E-state index in [1.807, 2.05) is 30.3 Å². The van der Waals surface area contributed by atoms with Gasteiger partial charge in [-0.25, -0.2) is 0 Å². The minimum absolute atomic E-state index is 0.317. The number of rotatable bonds is 6. The van der Waals surface area contributed by atoms with Gasteiger partial charge in [0, 0.05) is 15.4 Å². The Morgan fingerprint density at radius 2 is 2.00 bits per heavy atom. The summed E-state index contributed by atoms with van der Waals surface area (Å²) in [6, 6.07) is 14.5. The van der Waals surface area contributed by atoms with Gasteiger partial charge >= 0.3 is 0 Å². The summed E-state index contributed by atoms with van der Waals surface area (Å²) < 4.78 is 7.07. The van der Waals surface area contributed by atoms with Gasteiger partial charge in [-0.1, -0.05) is 41.1 Å². The molecule has 2 nitrogen and oxygen atoms in total. The van der Waals surface area contributed by atoms with Gasteiger partial charge < -0.3 is 10.1 Å². The third-order valence-corrected chi connectivity index (χ3v) is 4.71. The fourth-order valence-corrected chi connectivity index (χ4v) is 3.40. The number of ether oxygens (including phenoxy) is 1. The zero-order valence-electron chi connectivity index (χ0n) is 12.5. The molecule has 0 aliphatic heterocycles. The van der Waals surface area contributed by atoms with Gasteiger partial charge in [0.15, 0.2) is 0 Å². The first-order chi connectivity index (χ1) is 10.2. The second-order valence-corrected chi connectivity index (χ2v) is 6.42. The first-order valence-electron chi connectivity index (χ1n) is 6.99. The van der Waals surface area contributed by atoms with Crippen molar-refractivity contribution in [2.45, 2.75) is 24.8 Å². The van der Waals surface area contributed by atoms with Crippen LogP contribution in [0.1, 0.15) is 25.5 Å². The van der Waals surface area contributed by atoms with Crippen molar-refractivity contribution in [3.05, 3.63) is 52.5 Å². The van der Waals surface area contributed by atoms with E-state index in [9.17, 15) is 0 Å². The molecule has 2 aromatic rings. The summed E-state index contributed by atoms with van der Waals surface area (Å²) >= 11 is 5.33. The maximum atomic E-state index is 6.00. The molecule has 4 heteroatoms. The lowest BCUT2D eigenvalue weighted by Gasteiger charge is -2.16. The average Bonchev–Trinajstić information content (AvgIpc) is 2.48. The molecule has 112 valence electrons. The first kappa shape index (κ1) is 16.4. The fourth-order valence-electron chi connectivity index (χ4n) is 2.17. The van der Waals surface area contributed by atoms with Crippen molar-refractivity contribution in [2.75, 3.05) is 12.8 Å². The fraction of sp³-hybridized carbons (Fsp3) is 0.294. The molecule has 2 aromatic carbocycles. The van der Waals surface area contributed by atoms with Crippen molar-refractivity contribution in [1.29, 1.82) is 0 Å². The molecule has 0 bridgehead atoms. The Hall–Kier alpha value is -0.970. The third-order valence-electron chi connectivity index (χ3n) is 3.25. The molecule has 0 aromatic heterocycles. The second-order valence-electron chi connectivity index (χ2n) is 4.72. The summed E-state index contributed by atoms with van der Waals surface area (Å²) in [4.78, 5) is 1.14. The van der Waals surface area contributed by atoms with Crippen LogP contribution in [0.3, 0.4) is 0 Å². The molecule has 0 aliphatic carbocycles. The van der Waals surface area contributed by atoms with Crippen LogP contribution in [-0.2, 0) is 0 Å². The molecule has 0 heterocycles.